The third-order valence-electron chi connectivity index (χ3n) is 2.77. The molecule has 2 nitrogen and oxygen atoms in total. The largest absolute Gasteiger partial charge is 0.489 e. The molecule has 0 bridgehead atoms. The standard InChI is InChI=1S/C15H11BrO2/c16-12-5-7-13(8-6-12)17-9-11-10-18-15-4-2-1-3-14(11)15/h1-8,10H,9H2. The van der Waals surface area contributed by atoms with Gasteiger partial charge < -0.3 is 9.15 Å². The number of para-hydroxylation sites is 1. The van der Waals surface area contributed by atoms with E-state index in [9.17, 15) is 0 Å². The zero-order valence-corrected chi connectivity index (χ0v) is 11.2. The van der Waals surface area contributed by atoms with Crippen molar-refractivity contribution < 1.29 is 9.15 Å². The Bertz CT molecular complexity index is 656. The second-order valence-electron chi connectivity index (χ2n) is 4.00. The number of ether oxygens (including phenoxy) is 1. The van der Waals surface area contributed by atoms with Gasteiger partial charge in [0.1, 0.15) is 17.9 Å². The number of hydrogen-bond acceptors (Lipinski definition) is 2. The summed E-state index contributed by atoms with van der Waals surface area (Å²) in [6, 6.07) is 15.8. The van der Waals surface area contributed by atoms with Crippen LogP contribution in [0.1, 0.15) is 5.56 Å². The lowest BCUT2D eigenvalue weighted by atomic mass is 10.2. The second kappa shape index (κ2) is 4.86. The van der Waals surface area contributed by atoms with Crippen LogP contribution in [0.4, 0.5) is 0 Å². The molecular weight excluding hydrogens is 292 g/mol. The smallest absolute Gasteiger partial charge is 0.134 e. The molecule has 0 amide bonds. The molecule has 0 unspecified atom stereocenters. The topological polar surface area (TPSA) is 22.4 Å². The maximum absolute atomic E-state index is 5.73. The number of benzene rings is 2. The summed E-state index contributed by atoms with van der Waals surface area (Å²) in [4.78, 5) is 0. The highest BCUT2D eigenvalue weighted by Crippen LogP contribution is 2.23. The Morgan fingerprint density at radius 3 is 2.61 bits per heavy atom. The van der Waals surface area contributed by atoms with Gasteiger partial charge in [-0.25, -0.2) is 0 Å². The molecule has 0 aliphatic heterocycles. The van der Waals surface area contributed by atoms with Crippen molar-refractivity contribution in [2.75, 3.05) is 0 Å². The summed E-state index contributed by atoms with van der Waals surface area (Å²) in [6.07, 6.45) is 1.75. The molecule has 0 fully saturated rings. The van der Waals surface area contributed by atoms with Crippen LogP contribution in [0.3, 0.4) is 0 Å². The van der Waals surface area contributed by atoms with Crippen LogP contribution in [-0.2, 0) is 6.61 Å². The Morgan fingerprint density at radius 2 is 1.78 bits per heavy atom. The Labute approximate surface area is 113 Å². The summed E-state index contributed by atoms with van der Waals surface area (Å²) in [5.41, 5.74) is 1.96. The van der Waals surface area contributed by atoms with Gasteiger partial charge in [-0.3, -0.25) is 0 Å². The minimum Gasteiger partial charge on any atom is -0.489 e. The van der Waals surface area contributed by atoms with Crippen molar-refractivity contribution in [1.82, 2.24) is 0 Å². The SMILES string of the molecule is Brc1ccc(OCc2coc3ccccc23)cc1. The van der Waals surface area contributed by atoms with E-state index in [4.69, 9.17) is 9.15 Å². The van der Waals surface area contributed by atoms with Crippen LogP contribution >= 0.6 is 15.9 Å². The molecule has 3 aromatic rings. The third kappa shape index (κ3) is 2.27. The fraction of sp³-hybridized carbons (Fsp3) is 0.0667. The highest BCUT2D eigenvalue weighted by atomic mass is 79.9. The fourth-order valence-electron chi connectivity index (χ4n) is 1.84. The maximum Gasteiger partial charge on any atom is 0.134 e. The number of fused-ring (bicyclic) bond motifs is 1. The van der Waals surface area contributed by atoms with Gasteiger partial charge in [0.15, 0.2) is 0 Å². The fourth-order valence-corrected chi connectivity index (χ4v) is 2.10. The van der Waals surface area contributed by atoms with Gasteiger partial charge in [0.25, 0.3) is 0 Å². The molecule has 1 heterocycles. The van der Waals surface area contributed by atoms with Crippen molar-refractivity contribution in [3.05, 3.63) is 64.8 Å². The number of halogens is 1. The monoisotopic (exact) mass is 302 g/mol. The Kier molecular flexibility index (Phi) is 3.07. The average Bonchev–Trinajstić information content (AvgIpc) is 2.82. The molecule has 3 rings (SSSR count). The Balaban J connectivity index is 1.79. The lowest BCUT2D eigenvalue weighted by Crippen LogP contribution is -1.93. The van der Waals surface area contributed by atoms with Gasteiger partial charge in [-0.1, -0.05) is 34.1 Å². The van der Waals surface area contributed by atoms with E-state index in [1.54, 1.807) is 6.26 Å². The maximum atomic E-state index is 5.73. The predicted molar refractivity (Wildman–Crippen MR) is 74.7 cm³/mol. The molecule has 0 radical (unpaired) electrons. The molecule has 0 N–H and O–H groups in total. The van der Waals surface area contributed by atoms with Crippen LogP contribution < -0.4 is 4.74 Å². The summed E-state index contributed by atoms with van der Waals surface area (Å²) in [7, 11) is 0. The molecule has 18 heavy (non-hydrogen) atoms. The van der Waals surface area contributed by atoms with E-state index in [-0.39, 0.29) is 0 Å². The first-order valence-electron chi connectivity index (χ1n) is 5.66. The van der Waals surface area contributed by atoms with Gasteiger partial charge in [0, 0.05) is 15.4 Å². The van der Waals surface area contributed by atoms with Crippen LogP contribution in [0.2, 0.25) is 0 Å². The molecule has 2 aromatic carbocycles. The molecule has 0 spiro atoms. The van der Waals surface area contributed by atoms with Crippen molar-refractivity contribution in [1.29, 1.82) is 0 Å². The normalized spacial score (nSPS) is 10.7. The lowest BCUT2D eigenvalue weighted by Gasteiger charge is -2.04. The highest BCUT2D eigenvalue weighted by molar-refractivity contribution is 9.10. The van der Waals surface area contributed by atoms with Crippen LogP contribution in [0.25, 0.3) is 11.0 Å². The molecule has 0 aliphatic carbocycles. The van der Waals surface area contributed by atoms with Gasteiger partial charge in [0.2, 0.25) is 0 Å². The van der Waals surface area contributed by atoms with Gasteiger partial charge in [0.05, 0.1) is 6.26 Å². The van der Waals surface area contributed by atoms with Crippen LogP contribution in [0.5, 0.6) is 5.75 Å². The summed E-state index contributed by atoms with van der Waals surface area (Å²) in [6.45, 7) is 0.513. The van der Waals surface area contributed by atoms with E-state index in [1.807, 2.05) is 48.5 Å². The van der Waals surface area contributed by atoms with E-state index >= 15 is 0 Å². The molecule has 0 saturated carbocycles. The average molecular weight is 303 g/mol. The van der Waals surface area contributed by atoms with Gasteiger partial charge in [-0.2, -0.15) is 0 Å². The second-order valence-corrected chi connectivity index (χ2v) is 4.92. The van der Waals surface area contributed by atoms with Crippen LogP contribution in [0, 0.1) is 0 Å². The zero-order valence-electron chi connectivity index (χ0n) is 9.60. The number of hydrogen-bond donors (Lipinski definition) is 0. The Hall–Kier alpha value is -1.74. The molecule has 90 valence electrons. The number of rotatable bonds is 3. The van der Waals surface area contributed by atoms with Crippen LogP contribution in [0.15, 0.2) is 63.7 Å². The van der Waals surface area contributed by atoms with Crippen molar-refractivity contribution in [2.24, 2.45) is 0 Å². The summed E-state index contributed by atoms with van der Waals surface area (Å²) >= 11 is 3.40. The zero-order chi connectivity index (χ0) is 12.4. The van der Waals surface area contributed by atoms with Crippen molar-refractivity contribution in [2.45, 2.75) is 6.61 Å². The van der Waals surface area contributed by atoms with E-state index in [2.05, 4.69) is 15.9 Å². The van der Waals surface area contributed by atoms with E-state index in [0.29, 0.717) is 6.61 Å². The van der Waals surface area contributed by atoms with E-state index in [1.165, 1.54) is 0 Å². The van der Waals surface area contributed by atoms with E-state index < -0.39 is 0 Å². The van der Waals surface area contributed by atoms with Crippen LogP contribution in [-0.4, -0.2) is 0 Å². The van der Waals surface area contributed by atoms with Gasteiger partial charge in [-0.05, 0) is 30.3 Å². The molecule has 0 atom stereocenters. The molecule has 0 saturated heterocycles. The lowest BCUT2D eigenvalue weighted by molar-refractivity contribution is 0.306. The van der Waals surface area contributed by atoms with E-state index in [0.717, 1.165) is 26.8 Å². The molecular formula is C15H11BrO2. The minimum absolute atomic E-state index is 0.513. The molecule has 3 heteroatoms. The number of furan rings is 1. The summed E-state index contributed by atoms with van der Waals surface area (Å²) < 4.78 is 12.2. The third-order valence-corrected chi connectivity index (χ3v) is 3.30. The van der Waals surface area contributed by atoms with Gasteiger partial charge >= 0.3 is 0 Å². The minimum atomic E-state index is 0.513. The summed E-state index contributed by atoms with van der Waals surface area (Å²) in [5, 5.41) is 1.11. The quantitative estimate of drug-likeness (QED) is 0.695. The first kappa shape index (κ1) is 11.4. The first-order chi connectivity index (χ1) is 8.83. The van der Waals surface area contributed by atoms with Crippen molar-refractivity contribution in [3.63, 3.8) is 0 Å². The predicted octanol–water partition coefficient (Wildman–Crippen LogP) is 4.77. The summed E-state index contributed by atoms with van der Waals surface area (Å²) in [5.74, 6) is 0.850. The van der Waals surface area contributed by atoms with Gasteiger partial charge in [-0.15, -0.1) is 0 Å². The van der Waals surface area contributed by atoms with Crippen molar-refractivity contribution >= 4 is 26.9 Å². The molecule has 1 aromatic heterocycles. The first-order valence-corrected chi connectivity index (χ1v) is 6.46. The van der Waals surface area contributed by atoms with Crippen molar-refractivity contribution in [3.8, 4) is 5.75 Å². The molecule has 0 aliphatic rings. The highest BCUT2D eigenvalue weighted by Gasteiger charge is 2.05. The Morgan fingerprint density at radius 1 is 1.00 bits per heavy atom.